The molecule has 0 unspecified atom stereocenters. The van der Waals surface area contributed by atoms with Crippen molar-refractivity contribution >= 4 is 28.6 Å². The van der Waals surface area contributed by atoms with Gasteiger partial charge in [-0.1, -0.05) is 0 Å². The molecule has 7 heteroatoms. The van der Waals surface area contributed by atoms with Gasteiger partial charge in [0.1, 0.15) is 5.52 Å². The number of rotatable bonds is 5. The summed E-state index contributed by atoms with van der Waals surface area (Å²) in [4.78, 5) is 14.6. The first-order valence-electron chi connectivity index (χ1n) is 5.81. The maximum Gasteiger partial charge on any atom is 0.226 e. The molecule has 2 aromatic rings. The minimum Gasteiger partial charge on any atom is -0.368 e. The molecular weight excluding hydrogens is 252 g/mol. The second-order valence-electron chi connectivity index (χ2n) is 4.45. The topological polar surface area (TPSA) is 58.9 Å². The Hall–Kier alpha value is -1.40. The molecule has 18 heavy (non-hydrogen) atoms. The SMILES string of the molecule is CN(C)CCCNc1nc(Cl)nc2ncn(C)c12. The van der Waals surface area contributed by atoms with E-state index in [1.54, 1.807) is 6.33 Å². The van der Waals surface area contributed by atoms with Crippen LogP contribution in [-0.2, 0) is 7.05 Å². The number of nitrogens with zero attached hydrogens (tertiary/aromatic N) is 5. The van der Waals surface area contributed by atoms with Crippen LogP contribution in [0.15, 0.2) is 6.33 Å². The quantitative estimate of drug-likeness (QED) is 0.656. The smallest absolute Gasteiger partial charge is 0.226 e. The van der Waals surface area contributed by atoms with Gasteiger partial charge in [0.25, 0.3) is 0 Å². The highest BCUT2D eigenvalue weighted by Crippen LogP contribution is 2.20. The molecule has 2 heterocycles. The number of aryl methyl sites for hydroxylation is 1. The van der Waals surface area contributed by atoms with Gasteiger partial charge in [0.2, 0.25) is 5.28 Å². The molecule has 2 rings (SSSR count). The van der Waals surface area contributed by atoms with Gasteiger partial charge in [-0.3, -0.25) is 0 Å². The Morgan fingerprint density at radius 2 is 2.17 bits per heavy atom. The van der Waals surface area contributed by atoms with E-state index in [2.05, 4.69) is 39.3 Å². The van der Waals surface area contributed by atoms with Gasteiger partial charge in [-0.05, 0) is 38.7 Å². The Kier molecular flexibility index (Phi) is 3.98. The Labute approximate surface area is 111 Å². The normalized spacial score (nSPS) is 11.4. The van der Waals surface area contributed by atoms with Crippen molar-refractivity contribution < 1.29 is 0 Å². The van der Waals surface area contributed by atoms with Crippen LogP contribution in [0.4, 0.5) is 5.82 Å². The first kappa shape index (κ1) is 13.0. The molecule has 0 saturated heterocycles. The van der Waals surface area contributed by atoms with E-state index in [4.69, 9.17) is 11.6 Å². The first-order chi connectivity index (χ1) is 8.58. The van der Waals surface area contributed by atoms with E-state index in [1.807, 2.05) is 11.6 Å². The van der Waals surface area contributed by atoms with Crippen LogP contribution in [0.1, 0.15) is 6.42 Å². The Balaban J connectivity index is 2.14. The van der Waals surface area contributed by atoms with Crippen LogP contribution in [0.2, 0.25) is 5.28 Å². The Morgan fingerprint density at radius 3 is 2.89 bits per heavy atom. The molecule has 0 radical (unpaired) electrons. The van der Waals surface area contributed by atoms with Gasteiger partial charge in [-0.2, -0.15) is 9.97 Å². The summed E-state index contributed by atoms with van der Waals surface area (Å²) in [6, 6.07) is 0. The van der Waals surface area contributed by atoms with Gasteiger partial charge in [0, 0.05) is 13.6 Å². The molecule has 0 atom stereocenters. The molecule has 6 nitrogen and oxygen atoms in total. The maximum atomic E-state index is 5.88. The summed E-state index contributed by atoms with van der Waals surface area (Å²) < 4.78 is 1.89. The fourth-order valence-electron chi connectivity index (χ4n) is 1.76. The summed E-state index contributed by atoms with van der Waals surface area (Å²) >= 11 is 5.88. The van der Waals surface area contributed by atoms with E-state index in [-0.39, 0.29) is 5.28 Å². The van der Waals surface area contributed by atoms with Crippen molar-refractivity contribution in [1.82, 2.24) is 24.4 Å². The monoisotopic (exact) mass is 268 g/mol. The Bertz CT molecular complexity index is 536. The second-order valence-corrected chi connectivity index (χ2v) is 4.79. The van der Waals surface area contributed by atoms with Gasteiger partial charge in [-0.15, -0.1) is 0 Å². The third-order valence-corrected chi connectivity index (χ3v) is 2.79. The van der Waals surface area contributed by atoms with Crippen molar-refractivity contribution in [1.29, 1.82) is 0 Å². The summed E-state index contributed by atoms with van der Waals surface area (Å²) in [5.41, 5.74) is 1.50. The molecule has 0 spiro atoms. The van der Waals surface area contributed by atoms with Crippen molar-refractivity contribution in [2.75, 3.05) is 32.5 Å². The molecule has 2 aromatic heterocycles. The van der Waals surface area contributed by atoms with Crippen LogP contribution in [0.3, 0.4) is 0 Å². The second kappa shape index (κ2) is 5.49. The highest BCUT2D eigenvalue weighted by molar-refractivity contribution is 6.28. The maximum absolute atomic E-state index is 5.88. The zero-order chi connectivity index (χ0) is 13.1. The van der Waals surface area contributed by atoms with Crippen molar-refractivity contribution in [2.45, 2.75) is 6.42 Å². The number of halogens is 1. The fourth-order valence-corrected chi connectivity index (χ4v) is 1.92. The minimum absolute atomic E-state index is 0.219. The van der Waals surface area contributed by atoms with E-state index in [9.17, 15) is 0 Å². The van der Waals surface area contributed by atoms with Crippen molar-refractivity contribution in [3.8, 4) is 0 Å². The van der Waals surface area contributed by atoms with E-state index in [0.717, 1.165) is 30.8 Å². The van der Waals surface area contributed by atoms with Gasteiger partial charge >= 0.3 is 0 Å². The number of aromatic nitrogens is 4. The van der Waals surface area contributed by atoms with Crippen LogP contribution in [0.25, 0.3) is 11.2 Å². The zero-order valence-corrected chi connectivity index (χ0v) is 11.6. The summed E-state index contributed by atoms with van der Waals surface area (Å²) in [6.07, 6.45) is 2.74. The van der Waals surface area contributed by atoms with Crippen molar-refractivity contribution in [3.05, 3.63) is 11.6 Å². The molecule has 0 bridgehead atoms. The lowest BCUT2D eigenvalue weighted by Gasteiger charge is -2.11. The average molecular weight is 269 g/mol. The first-order valence-corrected chi connectivity index (χ1v) is 6.19. The van der Waals surface area contributed by atoms with Crippen LogP contribution >= 0.6 is 11.6 Å². The van der Waals surface area contributed by atoms with E-state index >= 15 is 0 Å². The van der Waals surface area contributed by atoms with Crippen LogP contribution in [0.5, 0.6) is 0 Å². The largest absolute Gasteiger partial charge is 0.368 e. The predicted molar refractivity (Wildman–Crippen MR) is 73.0 cm³/mol. The molecular formula is C11H17ClN6. The summed E-state index contributed by atoms with van der Waals surface area (Å²) in [7, 11) is 6.03. The number of anilines is 1. The van der Waals surface area contributed by atoms with Gasteiger partial charge in [0.05, 0.1) is 6.33 Å². The zero-order valence-electron chi connectivity index (χ0n) is 10.8. The number of nitrogens with one attached hydrogen (secondary N) is 1. The van der Waals surface area contributed by atoms with Crippen molar-refractivity contribution in [3.63, 3.8) is 0 Å². The lowest BCUT2D eigenvalue weighted by Crippen LogP contribution is -2.17. The van der Waals surface area contributed by atoms with Gasteiger partial charge in [0.15, 0.2) is 11.5 Å². The molecule has 0 aliphatic rings. The van der Waals surface area contributed by atoms with Crippen LogP contribution in [0, 0.1) is 0 Å². The molecule has 0 saturated carbocycles. The minimum atomic E-state index is 0.219. The van der Waals surface area contributed by atoms with Gasteiger partial charge < -0.3 is 14.8 Å². The van der Waals surface area contributed by atoms with Crippen LogP contribution < -0.4 is 5.32 Å². The van der Waals surface area contributed by atoms with E-state index < -0.39 is 0 Å². The molecule has 0 amide bonds. The number of hydrogen-bond acceptors (Lipinski definition) is 5. The standard InChI is InChI=1S/C11H17ClN6/c1-17(2)6-4-5-13-9-8-10(14-7-18(8)3)16-11(12)15-9/h7H,4-6H2,1-3H3,(H,13,15,16). The van der Waals surface area contributed by atoms with Gasteiger partial charge in [-0.25, -0.2) is 4.98 Å². The van der Waals surface area contributed by atoms with E-state index in [1.165, 1.54) is 0 Å². The predicted octanol–water partition coefficient (Wildman–Crippen LogP) is 1.38. The number of hydrogen-bond donors (Lipinski definition) is 1. The summed E-state index contributed by atoms with van der Waals surface area (Å²) in [5.74, 6) is 0.740. The third-order valence-electron chi connectivity index (χ3n) is 2.62. The lowest BCUT2D eigenvalue weighted by molar-refractivity contribution is 0.405. The Morgan fingerprint density at radius 1 is 1.39 bits per heavy atom. The molecule has 0 aliphatic carbocycles. The summed E-state index contributed by atoms with van der Waals surface area (Å²) in [5, 5.41) is 3.51. The van der Waals surface area contributed by atoms with Crippen molar-refractivity contribution in [2.24, 2.45) is 7.05 Å². The summed E-state index contributed by atoms with van der Waals surface area (Å²) in [6.45, 7) is 1.87. The molecule has 0 aliphatic heterocycles. The van der Waals surface area contributed by atoms with Crippen LogP contribution in [-0.4, -0.2) is 51.6 Å². The average Bonchev–Trinajstić information content (AvgIpc) is 2.66. The lowest BCUT2D eigenvalue weighted by atomic mass is 10.4. The fraction of sp³-hybridized carbons (Fsp3) is 0.545. The highest BCUT2D eigenvalue weighted by atomic mass is 35.5. The highest BCUT2D eigenvalue weighted by Gasteiger charge is 2.10. The molecule has 0 fully saturated rings. The number of fused-ring (bicyclic) bond motifs is 1. The molecule has 0 aromatic carbocycles. The molecule has 98 valence electrons. The number of imidazole rings is 1. The van der Waals surface area contributed by atoms with E-state index in [0.29, 0.717) is 5.65 Å². The molecule has 1 N–H and O–H groups in total. The third kappa shape index (κ3) is 2.88.